The first-order chi connectivity index (χ1) is 12.2. The van der Waals surface area contributed by atoms with Crippen molar-refractivity contribution in [2.24, 2.45) is 0 Å². The van der Waals surface area contributed by atoms with Gasteiger partial charge in [0.2, 0.25) is 0 Å². The first kappa shape index (κ1) is 20.9. The topological polar surface area (TPSA) is 55.4 Å². The van der Waals surface area contributed by atoms with Crippen LogP contribution in [0.2, 0.25) is 0 Å². The molecular formula is C19H28O6. The lowest BCUT2D eigenvalue weighted by Crippen LogP contribution is -2.08. The van der Waals surface area contributed by atoms with Crippen molar-refractivity contribution in [3.8, 4) is 35.3 Å². The summed E-state index contributed by atoms with van der Waals surface area (Å²) in [5.41, 5.74) is 0.880. The molecular weight excluding hydrogens is 324 g/mol. The van der Waals surface area contributed by atoms with Crippen LogP contribution < -0.4 is 18.9 Å². The highest BCUT2D eigenvalue weighted by molar-refractivity contribution is 5.61. The Morgan fingerprint density at radius 1 is 0.840 bits per heavy atom. The van der Waals surface area contributed by atoms with Crippen LogP contribution in [0.15, 0.2) is 6.07 Å². The second-order valence-corrected chi connectivity index (χ2v) is 5.28. The molecule has 1 aromatic rings. The van der Waals surface area contributed by atoms with E-state index in [2.05, 4.69) is 5.92 Å². The molecule has 0 bridgehead atoms. The second kappa shape index (κ2) is 12.3. The molecule has 0 amide bonds. The number of ether oxygens (including phenoxy) is 6. The predicted molar refractivity (Wildman–Crippen MR) is 95.6 cm³/mol. The van der Waals surface area contributed by atoms with E-state index in [-0.39, 0.29) is 13.6 Å². The zero-order chi connectivity index (χ0) is 18.5. The molecule has 140 valence electrons. The third-order valence-corrected chi connectivity index (χ3v) is 3.58. The van der Waals surface area contributed by atoms with Gasteiger partial charge in [-0.25, -0.2) is 0 Å². The van der Waals surface area contributed by atoms with Crippen LogP contribution >= 0.6 is 0 Å². The van der Waals surface area contributed by atoms with E-state index in [1.165, 1.54) is 0 Å². The Morgan fingerprint density at radius 3 is 2.16 bits per heavy atom. The number of hydrogen-bond donors (Lipinski definition) is 0. The predicted octanol–water partition coefficient (Wildman–Crippen LogP) is 3.41. The smallest absolute Gasteiger partial charge is 0.188 e. The highest BCUT2D eigenvalue weighted by Crippen LogP contribution is 2.45. The number of benzene rings is 1. The summed E-state index contributed by atoms with van der Waals surface area (Å²) in [6, 6.07) is 1.73. The van der Waals surface area contributed by atoms with Crippen molar-refractivity contribution < 1.29 is 28.4 Å². The highest BCUT2D eigenvalue weighted by atomic mass is 16.7. The number of terminal acetylenes is 1. The molecule has 0 aliphatic carbocycles. The molecule has 0 atom stereocenters. The van der Waals surface area contributed by atoms with Crippen LogP contribution in [-0.2, 0) is 15.9 Å². The maximum Gasteiger partial charge on any atom is 0.188 e. The Bertz CT molecular complexity index is 550. The minimum absolute atomic E-state index is 0.111. The fraction of sp³-hybridized carbons (Fsp3) is 0.579. The van der Waals surface area contributed by atoms with E-state index in [0.29, 0.717) is 23.0 Å². The molecule has 0 N–H and O–H groups in total. The van der Waals surface area contributed by atoms with Crippen molar-refractivity contribution in [3.63, 3.8) is 0 Å². The molecule has 0 heterocycles. The Balaban J connectivity index is 3.15. The summed E-state index contributed by atoms with van der Waals surface area (Å²) in [6.45, 7) is 0.223. The van der Waals surface area contributed by atoms with Gasteiger partial charge >= 0.3 is 0 Å². The Morgan fingerprint density at radius 2 is 1.56 bits per heavy atom. The molecule has 0 aliphatic rings. The molecule has 6 nitrogen and oxygen atoms in total. The third kappa shape index (κ3) is 6.37. The summed E-state index contributed by atoms with van der Waals surface area (Å²) in [4.78, 5) is 0. The van der Waals surface area contributed by atoms with Gasteiger partial charge < -0.3 is 28.4 Å². The standard InChI is InChI=1S/C19H28O6/c1-6-7-8-9-10-11-15-18(23-5)17(24-13-20-2)12-16(22-4)19(15)25-14-21-3/h1,12H,7-11,13-14H2,2-5H3. The Kier molecular flexibility index (Phi) is 10.3. The van der Waals surface area contributed by atoms with E-state index >= 15 is 0 Å². The lowest BCUT2D eigenvalue weighted by atomic mass is 10.0. The van der Waals surface area contributed by atoms with Crippen molar-refractivity contribution in [3.05, 3.63) is 11.6 Å². The quantitative estimate of drug-likeness (QED) is 0.308. The van der Waals surface area contributed by atoms with Crippen molar-refractivity contribution >= 4 is 0 Å². The normalized spacial score (nSPS) is 10.2. The van der Waals surface area contributed by atoms with Crippen LogP contribution in [-0.4, -0.2) is 42.0 Å². The summed E-state index contributed by atoms with van der Waals surface area (Å²) in [6.07, 6.45) is 9.78. The van der Waals surface area contributed by atoms with E-state index in [9.17, 15) is 0 Å². The van der Waals surface area contributed by atoms with E-state index in [4.69, 9.17) is 34.8 Å². The summed E-state index contributed by atoms with van der Waals surface area (Å²) < 4.78 is 32.4. The maximum atomic E-state index is 5.74. The molecule has 0 saturated carbocycles. The van der Waals surface area contributed by atoms with Gasteiger partial charge in [-0.05, 0) is 19.3 Å². The van der Waals surface area contributed by atoms with E-state index in [1.54, 1.807) is 34.5 Å². The van der Waals surface area contributed by atoms with Gasteiger partial charge in [0, 0.05) is 32.3 Å². The first-order valence-corrected chi connectivity index (χ1v) is 8.18. The summed E-state index contributed by atoms with van der Waals surface area (Å²) in [7, 11) is 6.31. The number of rotatable bonds is 13. The zero-order valence-electron chi connectivity index (χ0n) is 15.6. The molecule has 6 heteroatoms. The van der Waals surface area contributed by atoms with Gasteiger partial charge in [-0.3, -0.25) is 0 Å². The molecule has 0 spiro atoms. The van der Waals surface area contributed by atoms with Crippen molar-refractivity contribution in [2.45, 2.75) is 32.1 Å². The van der Waals surface area contributed by atoms with E-state index < -0.39 is 0 Å². The monoisotopic (exact) mass is 352 g/mol. The lowest BCUT2D eigenvalue weighted by Gasteiger charge is -2.20. The van der Waals surface area contributed by atoms with Crippen LogP contribution in [0.5, 0.6) is 23.0 Å². The number of methoxy groups -OCH3 is 4. The molecule has 0 unspecified atom stereocenters. The molecule has 0 aromatic heterocycles. The van der Waals surface area contributed by atoms with Crippen molar-refractivity contribution in [2.75, 3.05) is 42.0 Å². The van der Waals surface area contributed by atoms with Gasteiger partial charge in [0.15, 0.2) is 36.6 Å². The van der Waals surface area contributed by atoms with E-state index in [1.807, 2.05) is 0 Å². The van der Waals surface area contributed by atoms with Gasteiger partial charge in [-0.2, -0.15) is 0 Å². The summed E-state index contributed by atoms with van der Waals surface area (Å²) in [5.74, 6) is 4.97. The minimum Gasteiger partial charge on any atom is -0.493 e. The highest BCUT2D eigenvalue weighted by Gasteiger charge is 2.22. The van der Waals surface area contributed by atoms with Crippen LogP contribution in [0.25, 0.3) is 0 Å². The first-order valence-electron chi connectivity index (χ1n) is 8.18. The van der Waals surface area contributed by atoms with Gasteiger partial charge in [-0.15, -0.1) is 12.3 Å². The van der Waals surface area contributed by atoms with Crippen molar-refractivity contribution in [1.29, 1.82) is 0 Å². The molecule has 1 aromatic carbocycles. The summed E-state index contributed by atoms with van der Waals surface area (Å²) >= 11 is 0. The molecule has 0 fully saturated rings. The molecule has 0 radical (unpaired) electrons. The van der Waals surface area contributed by atoms with Gasteiger partial charge in [0.05, 0.1) is 14.2 Å². The third-order valence-electron chi connectivity index (χ3n) is 3.58. The van der Waals surface area contributed by atoms with Gasteiger partial charge in [-0.1, -0.05) is 6.42 Å². The van der Waals surface area contributed by atoms with Crippen LogP contribution in [0.4, 0.5) is 0 Å². The molecule has 25 heavy (non-hydrogen) atoms. The largest absolute Gasteiger partial charge is 0.493 e. The fourth-order valence-electron chi connectivity index (χ4n) is 2.46. The summed E-state index contributed by atoms with van der Waals surface area (Å²) in [5, 5.41) is 0. The Hall–Kier alpha value is -2.10. The SMILES string of the molecule is C#CCCCCCc1c(OC)c(OCOC)cc(OC)c1OCOC. The average Bonchev–Trinajstić information content (AvgIpc) is 2.64. The lowest BCUT2D eigenvalue weighted by molar-refractivity contribution is 0.0444. The van der Waals surface area contributed by atoms with Crippen LogP contribution in [0.3, 0.4) is 0 Å². The fourth-order valence-corrected chi connectivity index (χ4v) is 2.46. The zero-order valence-corrected chi connectivity index (χ0v) is 15.6. The average molecular weight is 352 g/mol. The Labute approximate surface area is 150 Å². The minimum atomic E-state index is 0.111. The van der Waals surface area contributed by atoms with E-state index in [0.717, 1.165) is 37.7 Å². The maximum absolute atomic E-state index is 5.74. The molecule has 1 rings (SSSR count). The number of hydrogen-bond acceptors (Lipinski definition) is 6. The molecule has 0 aliphatic heterocycles. The van der Waals surface area contributed by atoms with Crippen LogP contribution in [0.1, 0.15) is 31.2 Å². The second-order valence-electron chi connectivity index (χ2n) is 5.28. The van der Waals surface area contributed by atoms with Gasteiger partial charge in [0.25, 0.3) is 0 Å². The number of unbranched alkanes of at least 4 members (excludes halogenated alkanes) is 3. The van der Waals surface area contributed by atoms with Gasteiger partial charge in [0.1, 0.15) is 0 Å². The van der Waals surface area contributed by atoms with Crippen LogP contribution in [0, 0.1) is 12.3 Å². The van der Waals surface area contributed by atoms with Crippen molar-refractivity contribution in [1.82, 2.24) is 0 Å². The molecule has 0 saturated heterocycles.